The van der Waals surface area contributed by atoms with E-state index in [1.807, 2.05) is 6.07 Å². The number of hydrogen-bond donors (Lipinski definition) is 1. The van der Waals surface area contributed by atoms with E-state index in [9.17, 15) is 5.11 Å². The van der Waals surface area contributed by atoms with Crippen LogP contribution in [0.2, 0.25) is 0 Å². The van der Waals surface area contributed by atoms with Gasteiger partial charge < -0.3 is 10.0 Å². The number of hydrogen-bond acceptors (Lipinski definition) is 2. The van der Waals surface area contributed by atoms with Gasteiger partial charge in [0, 0.05) is 24.2 Å². The summed E-state index contributed by atoms with van der Waals surface area (Å²) in [5.74, 6) is 0. The molecule has 18 heavy (non-hydrogen) atoms. The largest absolute Gasteiger partial charge is 0.392 e. The lowest BCUT2D eigenvalue weighted by molar-refractivity contribution is 0.283. The molecule has 1 aliphatic heterocycles. The minimum atomic E-state index is 0.112. The summed E-state index contributed by atoms with van der Waals surface area (Å²) in [6, 6.07) is 12.6. The predicted octanol–water partition coefficient (Wildman–Crippen LogP) is 3.32. The van der Waals surface area contributed by atoms with Gasteiger partial charge in [-0.15, -0.1) is 0 Å². The summed E-state index contributed by atoms with van der Waals surface area (Å²) >= 11 is 0. The molecule has 2 nitrogen and oxygen atoms in total. The first-order chi connectivity index (χ1) is 8.90. The van der Waals surface area contributed by atoms with Crippen molar-refractivity contribution in [3.05, 3.63) is 42.0 Å². The zero-order chi connectivity index (χ0) is 12.4. The number of piperidine rings is 1. The van der Waals surface area contributed by atoms with E-state index in [1.54, 1.807) is 0 Å². The summed E-state index contributed by atoms with van der Waals surface area (Å²) in [7, 11) is 0. The van der Waals surface area contributed by atoms with Gasteiger partial charge in [0.1, 0.15) is 0 Å². The van der Waals surface area contributed by atoms with Crippen LogP contribution in [-0.4, -0.2) is 18.2 Å². The van der Waals surface area contributed by atoms with Crippen LogP contribution in [0.3, 0.4) is 0 Å². The standard InChI is InChI=1S/C16H19NO/c18-12-13-8-9-16(17-10-4-1-5-11-17)15-7-3-2-6-14(13)15/h2-3,6-9,18H,1,4-5,10-12H2. The SMILES string of the molecule is OCc1ccc(N2CCCCC2)c2ccccc12. The van der Waals surface area contributed by atoms with E-state index >= 15 is 0 Å². The molecule has 0 unspecified atom stereocenters. The Hall–Kier alpha value is -1.54. The molecule has 94 valence electrons. The van der Waals surface area contributed by atoms with Crippen LogP contribution in [0.4, 0.5) is 5.69 Å². The zero-order valence-electron chi connectivity index (χ0n) is 10.6. The van der Waals surface area contributed by atoms with Crippen LogP contribution in [0.25, 0.3) is 10.8 Å². The Labute approximate surface area is 108 Å². The number of nitrogens with zero attached hydrogens (tertiary/aromatic N) is 1. The molecule has 1 aliphatic rings. The monoisotopic (exact) mass is 241 g/mol. The molecule has 2 aromatic rings. The summed E-state index contributed by atoms with van der Waals surface area (Å²) in [6.45, 7) is 2.42. The Morgan fingerprint density at radius 2 is 1.61 bits per heavy atom. The van der Waals surface area contributed by atoms with Gasteiger partial charge in [0.05, 0.1) is 6.61 Å². The third-order valence-electron chi connectivity index (χ3n) is 3.86. The van der Waals surface area contributed by atoms with Crippen molar-refractivity contribution in [2.24, 2.45) is 0 Å². The van der Waals surface area contributed by atoms with Gasteiger partial charge >= 0.3 is 0 Å². The highest BCUT2D eigenvalue weighted by molar-refractivity contribution is 5.96. The van der Waals surface area contributed by atoms with E-state index in [0.717, 1.165) is 18.7 Å². The highest BCUT2D eigenvalue weighted by Gasteiger charge is 2.14. The number of aliphatic hydroxyl groups excluding tert-OH is 1. The van der Waals surface area contributed by atoms with Crippen LogP contribution in [0.5, 0.6) is 0 Å². The molecule has 0 radical (unpaired) electrons. The average Bonchev–Trinajstić information content (AvgIpc) is 2.47. The fourth-order valence-electron chi connectivity index (χ4n) is 2.89. The third kappa shape index (κ3) is 1.97. The fourth-order valence-corrected chi connectivity index (χ4v) is 2.89. The van der Waals surface area contributed by atoms with Crippen molar-refractivity contribution < 1.29 is 5.11 Å². The molecule has 0 spiro atoms. The summed E-state index contributed by atoms with van der Waals surface area (Å²) < 4.78 is 0. The van der Waals surface area contributed by atoms with E-state index < -0.39 is 0 Å². The van der Waals surface area contributed by atoms with Crippen LogP contribution in [-0.2, 0) is 6.61 Å². The highest BCUT2D eigenvalue weighted by Crippen LogP contribution is 2.31. The number of aliphatic hydroxyl groups is 1. The van der Waals surface area contributed by atoms with Gasteiger partial charge in [-0.3, -0.25) is 0 Å². The molecule has 2 heteroatoms. The first-order valence-corrected chi connectivity index (χ1v) is 6.76. The first-order valence-electron chi connectivity index (χ1n) is 6.76. The van der Waals surface area contributed by atoms with Gasteiger partial charge in [-0.1, -0.05) is 30.3 Å². The quantitative estimate of drug-likeness (QED) is 0.871. The first kappa shape index (κ1) is 11.5. The van der Waals surface area contributed by atoms with Crippen LogP contribution in [0.1, 0.15) is 24.8 Å². The van der Waals surface area contributed by atoms with E-state index in [0.29, 0.717) is 0 Å². The molecule has 0 amide bonds. The Morgan fingerprint density at radius 1 is 0.889 bits per heavy atom. The van der Waals surface area contributed by atoms with Gasteiger partial charge in [0.25, 0.3) is 0 Å². The molecule has 1 N–H and O–H groups in total. The molecule has 0 aliphatic carbocycles. The maximum atomic E-state index is 9.42. The van der Waals surface area contributed by atoms with Crippen LogP contribution in [0.15, 0.2) is 36.4 Å². The summed E-state index contributed by atoms with van der Waals surface area (Å²) in [6.07, 6.45) is 3.93. The Morgan fingerprint density at radius 3 is 2.33 bits per heavy atom. The van der Waals surface area contributed by atoms with Crippen molar-refractivity contribution in [1.29, 1.82) is 0 Å². The van der Waals surface area contributed by atoms with Crippen molar-refractivity contribution in [1.82, 2.24) is 0 Å². The molecule has 3 rings (SSSR count). The minimum Gasteiger partial charge on any atom is -0.392 e. The lowest BCUT2D eigenvalue weighted by Crippen LogP contribution is -2.29. The van der Waals surface area contributed by atoms with Gasteiger partial charge in [-0.2, -0.15) is 0 Å². The number of anilines is 1. The Balaban J connectivity index is 2.12. The third-order valence-corrected chi connectivity index (χ3v) is 3.86. The van der Waals surface area contributed by atoms with Crippen molar-refractivity contribution in [3.63, 3.8) is 0 Å². The van der Waals surface area contributed by atoms with Crippen molar-refractivity contribution >= 4 is 16.5 Å². The molecule has 2 aromatic carbocycles. The van der Waals surface area contributed by atoms with E-state index in [1.165, 1.54) is 35.7 Å². The normalized spacial score (nSPS) is 16.2. The molecular formula is C16H19NO. The summed E-state index contributed by atoms with van der Waals surface area (Å²) in [4.78, 5) is 2.48. The molecule has 0 saturated carbocycles. The Bertz CT molecular complexity index is 544. The summed E-state index contributed by atoms with van der Waals surface area (Å²) in [5, 5.41) is 11.9. The van der Waals surface area contributed by atoms with E-state index in [-0.39, 0.29) is 6.61 Å². The fraction of sp³-hybridized carbons (Fsp3) is 0.375. The number of benzene rings is 2. The average molecular weight is 241 g/mol. The molecule has 0 bridgehead atoms. The Kier molecular flexibility index (Phi) is 3.20. The molecule has 1 heterocycles. The lowest BCUT2D eigenvalue weighted by atomic mass is 10.0. The van der Waals surface area contributed by atoms with Gasteiger partial charge in [0.15, 0.2) is 0 Å². The van der Waals surface area contributed by atoms with E-state index in [4.69, 9.17) is 0 Å². The second-order valence-electron chi connectivity index (χ2n) is 5.00. The number of fused-ring (bicyclic) bond motifs is 1. The maximum Gasteiger partial charge on any atom is 0.0687 e. The van der Waals surface area contributed by atoms with Crippen molar-refractivity contribution in [2.75, 3.05) is 18.0 Å². The zero-order valence-corrected chi connectivity index (χ0v) is 10.6. The summed E-state index contributed by atoms with van der Waals surface area (Å²) in [5.41, 5.74) is 2.34. The molecular weight excluding hydrogens is 222 g/mol. The molecule has 0 atom stereocenters. The van der Waals surface area contributed by atoms with Gasteiger partial charge in [-0.05, 0) is 36.3 Å². The second kappa shape index (κ2) is 4.99. The predicted molar refractivity (Wildman–Crippen MR) is 75.9 cm³/mol. The van der Waals surface area contributed by atoms with E-state index in [2.05, 4.69) is 35.2 Å². The maximum absolute atomic E-state index is 9.42. The minimum absolute atomic E-state index is 0.112. The molecule has 0 aromatic heterocycles. The molecule has 1 fully saturated rings. The van der Waals surface area contributed by atoms with Gasteiger partial charge in [0.2, 0.25) is 0 Å². The highest BCUT2D eigenvalue weighted by atomic mass is 16.3. The van der Waals surface area contributed by atoms with Crippen LogP contribution < -0.4 is 4.90 Å². The topological polar surface area (TPSA) is 23.5 Å². The molecule has 1 saturated heterocycles. The number of rotatable bonds is 2. The van der Waals surface area contributed by atoms with Crippen molar-refractivity contribution in [3.8, 4) is 0 Å². The van der Waals surface area contributed by atoms with Gasteiger partial charge in [-0.25, -0.2) is 0 Å². The van der Waals surface area contributed by atoms with Crippen LogP contribution in [0, 0.1) is 0 Å². The van der Waals surface area contributed by atoms with Crippen LogP contribution >= 0.6 is 0 Å². The lowest BCUT2D eigenvalue weighted by Gasteiger charge is -2.30. The smallest absolute Gasteiger partial charge is 0.0687 e. The van der Waals surface area contributed by atoms with Crippen molar-refractivity contribution in [2.45, 2.75) is 25.9 Å². The second-order valence-corrected chi connectivity index (χ2v) is 5.00.